The Hall–Kier alpha value is -2.81. The molecule has 2 aromatic carbocycles. The van der Waals surface area contributed by atoms with Crippen LogP contribution in [0.4, 0.5) is 0 Å². The van der Waals surface area contributed by atoms with E-state index in [1.54, 1.807) is 20.1 Å². The molecule has 2 aromatic rings. The number of carbonyl (C=O) groups excluding carboxylic acids is 1. The molecule has 0 atom stereocenters. The highest BCUT2D eigenvalue weighted by atomic mass is 16.5. The standard InChI is InChI=1S/C20H20O3/c1-3-23-20(21)14-8-13-19(16-9-5-4-6-10-16)17-11-7-12-18(15-17)22-2/h4-15H,3H2,1-2H3/b14-8+,19-13-. The van der Waals surface area contributed by atoms with Crippen LogP contribution >= 0.6 is 0 Å². The molecule has 0 spiro atoms. The fourth-order valence-electron chi connectivity index (χ4n) is 2.18. The summed E-state index contributed by atoms with van der Waals surface area (Å²) in [5.74, 6) is 0.445. The Bertz CT molecular complexity index is 700. The van der Waals surface area contributed by atoms with E-state index in [-0.39, 0.29) is 5.97 Å². The lowest BCUT2D eigenvalue weighted by Gasteiger charge is -2.09. The highest BCUT2D eigenvalue weighted by molar-refractivity contribution is 5.85. The van der Waals surface area contributed by atoms with Crippen LogP contribution in [0.15, 0.2) is 72.8 Å². The first-order chi connectivity index (χ1) is 11.2. The summed E-state index contributed by atoms with van der Waals surface area (Å²) >= 11 is 0. The van der Waals surface area contributed by atoms with Crippen molar-refractivity contribution < 1.29 is 14.3 Å². The molecule has 3 nitrogen and oxygen atoms in total. The van der Waals surface area contributed by atoms with Gasteiger partial charge in [-0.2, -0.15) is 0 Å². The molecule has 2 rings (SSSR count). The third-order valence-corrected chi connectivity index (χ3v) is 3.25. The lowest BCUT2D eigenvalue weighted by Crippen LogP contribution is -1.98. The molecule has 118 valence electrons. The number of hydrogen-bond acceptors (Lipinski definition) is 3. The number of methoxy groups -OCH3 is 1. The molecule has 0 saturated heterocycles. The van der Waals surface area contributed by atoms with Crippen molar-refractivity contribution in [3.8, 4) is 5.75 Å². The van der Waals surface area contributed by atoms with Crippen molar-refractivity contribution in [2.45, 2.75) is 6.92 Å². The normalized spacial score (nSPS) is 11.5. The van der Waals surface area contributed by atoms with Crippen LogP contribution in [0.25, 0.3) is 5.57 Å². The fraction of sp³-hybridized carbons (Fsp3) is 0.150. The van der Waals surface area contributed by atoms with Crippen molar-refractivity contribution in [3.05, 3.63) is 84.0 Å². The van der Waals surface area contributed by atoms with E-state index in [0.717, 1.165) is 22.4 Å². The first-order valence-electron chi connectivity index (χ1n) is 7.49. The molecule has 0 heterocycles. The smallest absolute Gasteiger partial charge is 0.330 e. The van der Waals surface area contributed by atoms with Gasteiger partial charge in [-0.1, -0.05) is 54.6 Å². The minimum Gasteiger partial charge on any atom is -0.497 e. The number of hydrogen-bond donors (Lipinski definition) is 0. The van der Waals surface area contributed by atoms with E-state index in [1.165, 1.54) is 6.08 Å². The molecular weight excluding hydrogens is 288 g/mol. The topological polar surface area (TPSA) is 35.5 Å². The van der Waals surface area contributed by atoms with Crippen LogP contribution in [-0.4, -0.2) is 19.7 Å². The van der Waals surface area contributed by atoms with E-state index in [4.69, 9.17) is 9.47 Å². The lowest BCUT2D eigenvalue weighted by molar-refractivity contribution is -0.137. The number of benzene rings is 2. The molecule has 23 heavy (non-hydrogen) atoms. The average Bonchev–Trinajstić information content (AvgIpc) is 2.60. The van der Waals surface area contributed by atoms with Crippen LogP contribution in [0.1, 0.15) is 18.1 Å². The molecule has 0 N–H and O–H groups in total. The van der Waals surface area contributed by atoms with Gasteiger partial charge < -0.3 is 9.47 Å². The third-order valence-electron chi connectivity index (χ3n) is 3.25. The average molecular weight is 308 g/mol. The molecule has 0 unspecified atom stereocenters. The maximum atomic E-state index is 11.4. The van der Waals surface area contributed by atoms with Crippen molar-refractivity contribution in [1.82, 2.24) is 0 Å². The SMILES string of the molecule is CCOC(=O)/C=C/C=C(/c1ccccc1)c1cccc(OC)c1. The summed E-state index contributed by atoms with van der Waals surface area (Å²) in [6.07, 6.45) is 5.04. The van der Waals surface area contributed by atoms with Gasteiger partial charge in [0.1, 0.15) is 5.75 Å². The molecule has 0 fully saturated rings. The van der Waals surface area contributed by atoms with Gasteiger partial charge in [-0.3, -0.25) is 0 Å². The number of allylic oxidation sites excluding steroid dienone is 2. The first kappa shape index (κ1) is 16.6. The van der Waals surface area contributed by atoms with Crippen LogP contribution < -0.4 is 4.74 Å². The molecular formula is C20H20O3. The van der Waals surface area contributed by atoms with Gasteiger partial charge in [0.25, 0.3) is 0 Å². The summed E-state index contributed by atoms with van der Waals surface area (Å²) in [5, 5.41) is 0. The zero-order valence-corrected chi connectivity index (χ0v) is 13.4. The van der Waals surface area contributed by atoms with Gasteiger partial charge in [-0.15, -0.1) is 0 Å². The maximum absolute atomic E-state index is 11.4. The molecule has 0 bridgehead atoms. The van der Waals surface area contributed by atoms with Crippen molar-refractivity contribution in [2.75, 3.05) is 13.7 Å². The molecule has 0 aliphatic heterocycles. The first-order valence-corrected chi connectivity index (χ1v) is 7.49. The van der Waals surface area contributed by atoms with Gasteiger partial charge in [0.05, 0.1) is 13.7 Å². The Kier molecular flexibility index (Phi) is 6.18. The van der Waals surface area contributed by atoms with Gasteiger partial charge in [-0.25, -0.2) is 4.79 Å². The van der Waals surface area contributed by atoms with E-state index in [1.807, 2.05) is 60.7 Å². The second kappa shape index (κ2) is 8.59. The Morgan fingerprint density at radius 1 is 1.04 bits per heavy atom. The minimum atomic E-state index is -0.346. The molecule has 0 aromatic heterocycles. The quantitative estimate of drug-likeness (QED) is 0.455. The third kappa shape index (κ3) is 4.85. The van der Waals surface area contributed by atoms with Crippen molar-refractivity contribution in [2.24, 2.45) is 0 Å². The van der Waals surface area contributed by atoms with E-state index < -0.39 is 0 Å². The predicted octanol–water partition coefficient (Wildman–Crippen LogP) is 4.25. The van der Waals surface area contributed by atoms with Crippen molar-refractivity contribution >= 4 is 11.5 Å². The van der Waals surface area contributed by atoms with Crippen LogP contribution in [0, 0.1) is 0 Å². The van der Waals surface area contributed by atoms with Crippen molar-refractivity contribution in [1.29, 1.82) is 0 Å². The van der Waals surface area contributed by atoms with E-state index in [2.05, 4.69) is 0 Å². The Morgan fingerprint density at radius 2 is 1.78 bits per heavy atom. The van der Waals surface area contributed by atoms with Gasteiger partial charge >= 0.3 is 5.97 Å². The second-order valence-electron chi connectivity index (χ2n) is 4.79. The second-order valence-corrected chi connectivity index (χ2v) is 4.79. The predicted molar refractivity (Wildman–Crippen MR) is 92.3 cm³/mol. The zero-order chi connectivity index (χ0) is 16.5. The van der Waals surface area contributed by atoms with Crippen LogP contribution in [0.3, 0.4) is 0 Å². The van der Waals surface area contributed by atoms with Crippen LogP contribution in [0.5, 0.6) is 5.75 Å². The lowest BCUT2D eigenvalue weighted by atomic mass is 9.97. The molecule has 0 aliphatic rings. The van der Waals surface area contributed by atoms with E-state index >= 15 is 0 Å². The summed E-state index contributed by atoms with van der Waals surface area (Å²) in [6, 6.07) is 17.8. The van der Waals surface area contributed by atoms with Gasteiger partial charge in [0.15, 0.2) is 0 Å². The Labute approximate surface area is 136 Å². The molecule has 0 amide bonds. The van der Waals surface area contributed by atoms with E-state index in [9.17, 15) is 4.79 Å². The van der Waals surface area contributed by atoms with Crippen molar-refractivity contribution in [3.63, 3.8) is 0 Å². The number of ether oxygens (including phenoxy) is 2. The van der Waals surface area contributed by atoms with Gasteiger partial charge in [0.2, 0.25) is 0 Å². The summed E-state index contributed by atoms with van der Waals surface area (Å²) in [4.78, 5) is 11.4. The highest BCUT2D eigenvalue weighted by Gasteiger charge is 2.05. The monoisotopic (exact) mass is 308 g/mol. The molecule has 0 radical (unpaired) electrons. The Balaban J connectivity index is 2.38. The Morgan fingerprint density at radius 3 is 2.48 bits per heavy atom. The summed E-state index contributed by atoms with van der Waals surface area (Å²) in [6.45, 7) is 2.15. The van der Waals surface area contributed by atoms with Crippen LogP contribution in [0.2, 0.25) is 0 Å². The number of rotatable bonds is 6. The highest BCUT2D eigenvalue weighted by Crippen LogP contribution is 2.26. The molecule has 0 aliphatic carbocycles. The number of esters is 1. The van der Waals surface area contributed by atoms with E-state index in [0.29, 0.717) is 6.61 Å². The molecule has 0 saturated carbocycles. The minimum absolute atomic E-state index is 0.346. The summed E-state index contributed by atoms with van der Waals surface area (Å²) in [7, 11) is 1.64. The fourth-order valence-corrected chi connectivity index (χ4v) is 2.18. The van der Waals surface area contributed by atoms with Crippen LogP contribution in [-0.2, 0) is 9.53 Å². The largest absolute Gasteiger partial charge is 0.497 e. The number of carbonyl (C=O) groups is 1. The van der Waals surface area contributed by atoms with Gasteiger partial charge in [-0.05, 0) is 35.8 Å². The van der Waals surface area contributed by atoms with Gasteiger partial charge in [0, 0.05) is 6.08 Å². The summed E-state index contributed by atoms with van der Waals surface area (Å²) < 4.78 is 10.2. The zero-order valence-electron chi connectivity index (χ0n) is 13.4. The summed E-state index contributed by atoms with van der Waals surface area (Å²) in [5.41, 5.74) is 3.09. The maximum Gasteiger partial charge on any atom is 0.330 e. The molecule has 3 heteroatoms.